The third kappa shape index (κ3) is 3.96. The molecule has 0 bridgehead atoms. The van der Waals surface area contributed by atoms with Gasteiger partial charge >= 0.3 is 0 Å². The minimum atomic E-state index is 1.14. The summed E-state index contributed by atoms with van der Waals surface area (Å²) in [6, 6.07) is 4.36. The average Bonchev–Trinajstić information content (AvgIpc) is 2.58. The molecule has 1 nitrogen and oxygen atoms in total. The fraction of sp³-hybridized carbons (Fsp3) is 0.600. The van der Waals surface area contributed by atoms with Crippen LogP contribution in [0.25, 0.3) is 0 Å². The zero-order valence-corrected chi connectivity index (χ0v) is 9.44. The molecule has 0 saturated heterocycles. The van der Waals surface area contributed by atoms with Gasteiger partial charge in [-0.15, -0.1) is 0 Å². The lowest BCUT2D eigenvalue weighted by Crippen LogP contribution is -2.35. The summed E-state index contributed by atoms with van der Waals surface area (Å²) in [5, 5.41) is 2.16. The Morgan fingerprint density at radius 1 is 1.31 bits per heavy atom. The Bertz CT molecular complexity index is 205. The fourth-order valence-corrected chi connectivity index (χ4v) is 2.27. The quantitative estimate of drug-likeness (QED) is 0.626. The van der Waals surface area contributed by atoms with E-state index in [1.807, 2.05) is 11.3 Å². The Labute approximate surface area is 86.0 Å². The average molecular weight is 195 g/mol. The first kappa shape index (κ1) is 10.8. The smallest absolute Gasteiger partial charge is 0.250 e. The van der Waals surface area contributed by atoms with Crippen LogP contribution in [0.4, 0.5) is 0 Å². The molecule has 0 fully saturated rings. The Morgan fingerprint density at radius 3 is 2.46 bits per heavy atom. The van der Waals surface area contributed by atoms with Gasteiger partial charge in [-0.25, -0.2) is 0 Å². The fourth-order valence-electron chi connectivity index (χ4n) is 1.53. The lowest BCUT2D eigenvalue weighted by molar-refractivity contribution is 0.445. The van der Waals surface area contributed by atoms with Crippen molar-refractivity contribution < 1.29 is 0 Å². The first-order valence-corrected chi connectivity index (χ1v) is 5.99. The molecule has 1 rings (SSSR count). The highest BCUT2D eigenvalue weighted by molar-refractivity contribution is 7.19. The summed E-state index contributed by atoms with van der Waals surface area (Å²) < 4.78 is 1.49. The molecule has 0 radical (unpaired) electrons. The Kier molecular flexibility index (Phi) is 5.17. The third-order valence-electron chi connectivity index (χ3n) is 2.04. The summed E-state index contributed by atoms with van der Waals surface area (Å²) in [5.74, 6) is 0. The molecule has 0 aliphatic rings. The van der Waals surface area contributed by atoms with Gasteiger partial charge in [-0.2, -0.15) is 11.3 Å². The Morgan fingerprint density at radius 2 is 2.00 bits per heavy atom. The van der Waals surface area contributed by atoms with Crippen LogP contribution >= 0.6 is 11.3 Å². The van der Waals surface area contributed by atoms with E-state index in [1.165, 1.54) is 30.7 Å². The number of thiophene rings is 1. The Balaban J connectivity index is 2.37. The number of rotatable bonds is 6. The first-order chi connectivity index (χ1) is 6.36. The number of nitrogens with zero attached hydrogens (tertiary/aromatic N) is 1. The van der Waals surface area contributed by atoms with E-state index >= 15 is 0 Å². The molecule has 72 valence electrons. The van der Waals surface area contributed by atoms with Crippen molar-refractivity contribution in [2.45, 2.75) is 26.7 Å². The van der Waals surface area contributed by atoms with Crippen molar-refractivity contribution in [1.82, 2.24) is 4.81 Å². The second-order valence-corrected chi connectivity index (χ2v) is 4.39. The maximum absolute atomic E-state index is 2.53. The van der Waals surface area contributed by atoms with Gasteiger partial charge in [-0.05, 0) is 36.1 Å². The van der Waals surface area contributed by atoms with Crippen LogP contribution in [-0.4, -0.2) is 25.3 Å². The van der Waals surface area contributed by atoms with Crippen LogP contribution < -0.4 is 4.78 Å². The van der Waals surface area contributed by atoms with Crippen LogP contribution in [0, 0.1) is 0 Å². The molecule has 0 aromatic carbocycles. The SMILES string of the molecule is CCCN(Bc1cccs1)CCC. The summed E-state index contributed by atoms with van der Waals surface area (Å²) >= 11 is 1.86. The standard InChI is InChI=1S/C10H18BNS/c1-3-7-12(8-4-2)11-10-6-5-9-13-10/h5-6,9,11H,3-4,7-8H2,1-2H3. The summed E-state index contributed by atoms with van der Waals surface area (Å²) in [7, 11) is 1.14. The second kappa shape index (κ2) is 6.22. The maximum Gasteiger partial charge on any atom is 0.250 e. The molecule has 0 saturated carbocycles. The molecule has 0 aliphatic carbocycles. The summed E-state index contributed by atoms with van der Waals surface area (Å²) in [4.78, 5) is 2.53. The van der Waals surface area contributed by atoms with Crippen molar-refractivity contribution in [1.29, 1.82) is 0 Å². The van der Waals surface area contributed by atoms with Crippen molar-refractivity contribution in [3.63, 3.8) is 0 Å². The number of hydrogen-bond donors (Lipinski definition) is 0. The van der Waals surface area contributed by atoms with Gasteiger partial charge in [0.05, 0.1) is 0 Å². The monoisotopic (exact) mass is 195 g/mol. The van der Waals surface area contributed by atoms with Gasteiger partial charge in [-0.1, -0.05) is 26.0 Å². The molecule has 3 heteroatoms. The van der Waals surface area contributed by atoms with E-state index in [-0.39, 0.29) is 0 Å². The van der Waals surface area contributed by atoms with E-state index in [9.17, 15) is 0 Å². The van der Waals surface area contributed by atoms with Crippen molar-refractivity contribution >= 4 is 23.5 Å². The highest BCUT2D eigenvalue weighted by atomic mass is 32.1. The summed E-state index contributed by atoms with van der Waals surface area (Å²) in [5.41, 5.74) is 0. The van der Waals surface area contributed by atoms with Gasteiger partial charge in [-0.3, -0.25) is 0 Å². The van der Waals surface area contributed by atoms with E-state index in [4.69, 9.17) is 0 Å². The van der Waals surface area contributed by atoms with Crippen LogP contribution in [0.5, 0.6) is 0 Å². The van der Waals surface area contributed by atoms with Crippen molar-refractivity contribution in [3.05, 3.63) is 17.5 Å². The normalized spacial score (nSPS) is 10.7. The van der Waals surface area contributed by atoms with Crippen LogP contribution in [0.2, 0.25) is 0 Å². The van der Waals surface area contributed by atoms with Crippen LogP contribution in [0.15, 0.2) is 17.5 Å². The number of hydrogen-bond acceptors (Lipinski definition) is 2. The van der Waals surface area contributed by atoms with E-state index in [0.29, 0.717) is 0 Å². The molecule has 13 heavy (non-hydrogen) atoms. The minimum absolute atomic E-state index is 1.14. The molecular formula is C10H18BNS. The molecule has 0 amide bonds. The lowest BCUT2D eigenvalue weighted by atomic mass is 9.88. The largest absolute Gasteiger partial charge is 0.340 e. The van der Waals surface area contributed by atoms with Crippen LogP contribution in [0.3, 0.4) is 0 Å². The van der Waals surface area contributed by atoms with Gasteiger partial charge in [0.25, 0.3) is 7.41 Å². The molecule has 1 heterocycles. The summed E-state index contributed by atoms with van der Waals surface area (Å²) in [6.07, 6.45) is 2.51. The third-order valence-corrected chi connectivity index (χ3v) is 2.90. The van der Waals surface area contributed by atoms with Crippen molar-refractivity contribution in [3.8, 4) is 0 Å². The highest BCUT2D eigenvalue weighted by Gasteiger charge is 2.06. The Hall–Kier alpha value is -0.275. The van der Waals surface area contributed by atoms with Gasteiger partial charge < -0.3 is 4.81 Å². The highest BCUT2D eigenvalue weighted by Crippen LogP contribution is 1.96. The van der Waals surface area contributed by atoms with Crippen molar-refractivity contribution in [2.75, 3.05) is 13.1 Å². The van der Waals surface area contributed by atoms with Crippen LogP contribution in [0.1, 0.15) is 26.7 Å². The van der Waals surface area contributed by atoms with E-state index < -0.39 is 0 Å². The van der Waals surface area contributed by atoms with Gasteiger partial charge in [0.1, 0.15) is 0 Å². The second-order valence-electron chi connectivity index (χ2n) is 3.36. The minimum Gasteiger partial charge on any atom is -0.340 e. The van der Waals surface area contributed by atoms with Gasteiger partial charge in [0, 0.05) is 0 Å². The molecule has 1 aromatic rings. The molecule has 1 aromatic heterocycles. The first-order valence-electron chi connectivity index (χ1n) is 5.11. The molecular weight excluding hydrogens is 177 g/mol. The molecule has 0 atom stereocenters. The molecule has 0 aliphatic heterocycles. The summed E-state index contributed by atoms with van der Waals surface area (Å²) in [6.45, 7) is 6.95. The molecule has 0 spiro atoms. The topological polar surface area (TPSA) is 3.24 Å². The van der Waals surface area contributed by atoms with E-state index in [0.717, 1.165) is 7.41 Å². The zero-order chi connectivity index (χ0) is 9.52. The van der Waals surface area contributed by atoms with E-state index in [1.54, 1.807) is 0 Å². The van der Waals surface area contributed by atoms with Crippen LogP contribution in [-0.2, 0) is 0 Å². The predicted molar refractivity (Wildman–Crippen MR) is 63.3 cm³/mol. The lowest BCUT2D eigenvalue weighted by Gasteiger charge is -2.18. The van der Waals surface area contributed by atoms with Crippen molar-refractivity contribution in [2.24, 2.45) is 0 Å². The van der Waals surface area contributed by atoms with Gasteiger partial charge in [0.15, 0.2) is 0 Å². The molecule has 0 unspecified atom stereocenters. The zero-order valence-electron chi connectivity index (χ0n) is 8.62. The van der Waals surface area contributed by atoms with Gasteiger partial charge in [0.2, 0.25) is 0 Å². The maximum atomic E-state index is 2.53. The van der Waals surface area contributed by atoms with E-state index in [2.05, 4.69) is 36.2 Å². The molecule has 0 N–H and O–H groups in total. The predicted octanol–water partition coefficient (Wildman–Crippen LogP) is 1.85.